The first-order valence-electron chi connectivity index (χ1n) is 8.32. The number of carbonyl (C=O) groups is 1. The van der Waals surface area contributed by atoms with E-state index in [1.54, 1.807) is 0 Å². The SMILES string of the molecule is CC[C@@H](NC(=O)CN(C)S(=O)(=O)c1ccc(Cl)cc1)c1ccc(C)cc1. The fourth-order valence-corrected chi connectivity index (χ4v) is 3.79. The molecule has 26 heavy (non-hydrogen) atoms. The molecule has 0 heterocycles. The van der Waals surface area contributed by atoms with Crippen LogP contribution in [0.25, 0.3) is 0 Å². The van der Waals surface area contributed by atoms with Gasteiger partial charge >= 0.3 is 0 Å². The van der Waals surface area contributed by atoms with Gasteiger partial charge in [-0.25, -0.2) is 8.42 Å². The Balaban J connectivity index is 2.05. The molecule has 0 unspecified atom stereocenters. The Morgan fingerprint density at radius 2 is 1.69 bits per heavy atom. The fourth-order valence-electron chi connectivity index (χ4n) is 2.53. The summed E-state index contributed by atoms with van der Waals surface area (Å²) in [6.07, 6.45) is 0.711. The predicted molar refractivity (Wildman–Crippen MR) is 104 cm³/mol. The van der Waals surface area contributed by atoms with Crippen molar-refractivity contribution in [1.82, 2.24) is 9.62 Å². The Kier molecular flexibility index (Phi) is 6.81. The van der Waals surface area contributed by atoms with Crippen LogP contribution < -0.4 is 5.32 Å². The molecule has 1 amide bonds. The van der Waals surface area contributed by atoms with Crippen LogP contribution in [0.15, 0.2) is 53.4 Å². The van der Waals surface area contributed by atoms with Gasteiger partial charge in [-0.2, -0.15) is 4.31 Å². The molecule has 1 atom stereocenters. The molecular weight excluding hydrogens is 372 g/mol. The van der Waals surface area contributed by atoms with Crippen molar-refractivity contribution in [2.45, 2.75) is 31.2 Å². The molecule has 2 rings (SSSR count). The number of rotatable bonds is 7. The van der Waals surface area contributed by atoms with Crippen LogP contribution in [0.4, 0.5) is 0 Å². The van der Waals surface area contributed by atoms with E-state index in [-0.39, 0.29) is 23.4 Å². The third kappa shape index (κ3) is 5.06. The molecule has 0 radical (unpaired) electrons. The quantitative estimate of drug-likeness (QED) is 0.781. The molecule has 0 aliphatic rings. The van der Waals surface area contributed by atoms with E-state index < -0.39 is 10.0 Å². The molecule has 0 saturated carbocycles. The molecule has 0 saturated heterocycles. The van der Waals surface area contributed by atoms with Gasteiger partial charge in [-0.3, -0.25) is 4.79 Å². The minimum absolute atomic E-state index is 0.0998. The lowest BCUT2D eigenvalue weighted by atomic mass is 10.0. The molecule has 140 valence electrons. The van der Waals surface area contributed by atoms with Gasteiger partial charge in [0.2, 0.25) is 15.9 Å². The minimum Gasteiger partial charge on any atom is -0.348 e. The first-order chi connectivity index (χ1) is 12.2. The molecule has 0 spiro atoms. The third-order valence-corrected chi connectivity index (χ3v) is 6.18. The van der Waals surface area contributed by atoms with E-state index in [2.05, 4.69) is 5.32 Å². The second kappa shape index (κ2) is 8.66. The molecule has 2 aromatic carbocycles. The number of nitrogens with zero attached hydrogens (tertiary/aromatic N) is 1. The van der Waals surface area contributed by atoms with E-state index in [1.165, 1.54) is 31.3 Å². The normalized spacial score (nSPS) is 12.8. The van der Waals surface area contributed by atoms with E-state index in [0.717, 1.165) is 15.4 Å². The minimum atomic E-state index is -3.75. The summed E-state index contributed by atoms with van der Waals surface area (Å²) >= 11 is 5.79. The van der Waals surface area contributed by atoms with Crippen LogP contribution in [-0.4, -0.2) is 32.2 Å². The van der Waals surface area contributed by atoms with Crippen LogP contribution in [0.5, 0.6) is 0 Å². The first kappa shape index (κ1) is 20.4. The van der Waals surface area contributed by atoms with Gasteiger partial charge < -0.3 is 5.32 Å². The average molecular weight is 395 g/mol. The highest BCUT2D eigenvalue weighted by atomic mass is 35.5. The van der Waals surface area contributed by atoms with Gasteiger partial charge in [0.25, 0.3) is 0 Å². The third-order valence-electron chi connectivity index (χ3n) is 4.11. The van der Waals surface area contributed by atoms with Crippen LogP contribution >= 0.6 is 11.6 Å². The number of hydrogen-bond acceptors (Lipinski definition) is 3. The largest absolute Gasteiger partial charge is 0.348 e. The number of benzene rings is 2. The second-order valence-electron chi connectivity index (χ2n) is 6.15. The zero-order chi connectivity index (χ0) is 19.3. The maximum absolute atomic E-state index is 12.5. The summed E-state index contributed by atoms with van der Waals surface area (Å²) in [5.41, 5.74) is 2.14. The lowest BCUT2D eigenvalue weighted by Gasteiger charge is -2.21. The zero-order valence-corrected chi connectivity index (χ0v) is 16.6. The van der Waals surface area contributed by atoms with Gasteiger partial charge in [0.05, 0.1) is 17.5 Å². The Morgan fingerprint density at radius 1 is 1.12 bits per heavy atom. The van der Waals surface area contributed by atoms with Crippen LogP contribution in [0.3, 0.4) is 0 Å². The van der Waals surface area contributed by atoms with Crippen molar-refractivity contribution in [2.75, 3.05) is 13.6 Å². The van der Waals surface area contributed by atoms with Crippen molar-refractivity contribution in [1.29, 1.82) is 0 Å². The van der Waals surface area contributed by atoms with E-state index in [1.807, 2.05) is 38.1 Å². The van der Waals surface area contributed by atoms with Crippen LogP contribution in [0.2, 0.25) is 5.02 Å². The standard InChI is InChI=1S/C19H23ClN2O3S/c1-4-18(15-7-5-14(2)6-8-15)21-19(23)13-22(3)26(24,25)17-11-9-16(20)10-12-17/h5-12,18H,4,13H2,1-3H3,(H,21,23)/t18-/m1/s1. The molecule has 0 fully saturated rings. The Labute approximate surface area is 160 Å². The molecule has 5 nitrogen and oxygen atoms in total. The van der Waals surface area contributed by atoms with Crippen molar-refractivity contribution >= 4 is 27.5 Å². The van der Waals surface area contributed by atoms with Gasteiger partial charge in [0, 0.05) is 12.1 Å². The van der Waals surface area contributed by atoms with Gasteiger partial charge in [-0.05, 0) is 43.2 Å². The molecule has 0 aliphatic heterocycles. The first-order valence-corrected chi connectivity index (χ1v) is 10.1. The predicted octanol–water partition coefficient (Wildman–Crippen LogP) is 3.54. The number of sulfonamides is 1. The number of nitrogens with one attached hydrogen (secondary N) is 1. The van der Waals surface area contributed by atoms with Crippen molar-refractivity contribution in [3.8, 4) is 0 Å². The summed E-state index contributed by atoms with van der Waals surface area (Å²) < 4.78 is 26.1. The Bertz CT molecular complexity index is 849. The summed E-state index contributed by atoms with van der Waals surface area (Å²) in [6, 6.07) is 13.6. The summed E-state index contributed by atoms with van der Waals surface area (Å²) in [4.78, 5) is 12.5. The number of carbonyl (C=O) groups excluding carboxylic acids is 1. The molecule has 0 bridgehead atoms. The summed E-state index contributed by atoms with van der Waals surface area (Å²) in [6.45, 7) is 3.71. The number of halogens is 1. The molecule has 2 aromatic rings. The number of aryl methyl sites for hydroxylation is 1. The van der Waals surface area contributed by atoms with E-state index in [4.69, 9.17) is 11.6 Å². The van der Waals surface area contributed by atoms with Gasteiger partial charge in [-0.15, -0.1) is 0 Å². The monoisotopic (exact) mass is 394 g/mol. The van der Waals surface area contributed by atoms with Crippen LogP contribution in [-0.2, 0) is 14.8 Å². The Hall–Kier alpha value is -1.89. The van der Waals surface area contributed by atoms with Crippen molar-refractivity contribution < 1.29 is 13.2 Å². The highest BCUT2D eigenvalue weighted by Crippen LogP contribution is 2.19. The lowest BCUT2D eigenvalue weighted by molar-refractivity contribution is -0.121. The maximum atomic E-state index is 12.5. The van der Waals surface area contributed by atoms with Crippen LogP contribution in [0.1, 0.15) is 30.5 Å². The summed E-state index contributed by atoms with van der Waals surface area (Å²) in [5.74, 6) is -0.350. The highest BCUT2D eigenvalue weighted by Gasteiger charge is 2.24. The van der Waals surface area contributed by atoms with E-state index >= 15 is 0 Å². The summed E-state index contributed by atoms with van der Waals surface area (Å²) in [7, 11) is -2.36. The van der Waals surface area contributed by atoms with Crippen molar-refractivity contribution in [2.24, 2.45) is 0 Å². The average Bonchev–Trinajstić information content (AvgIpc) is 2.60. The van der Waals surface area contributed by atoms with E-state index in [0.29, 0.717) is 11.4 Å². The smallest absolute Gasteiger partial charge is 0.243 e. The van der Waals surface area contributed by atoms with E-state index in [9.17, 15) is 13.2 Å². The summed E-state index contributed by atoms with van der Waals surface area (Å²) in [5, 5.41) is 3.35. The second-order valence-corrected chi connectivity index (χ2v) is 8.64. The topological polar surface area (TPSA) is 66.5 Å². The molecule has 0 aliphatic carbocycles. The zero-order valence-electron chi connectivity index (χ0n) is 15.1. The number of hydrogen-bond donors (Lipinski definition) is 1. The molecule has 7 heteroatoms. The van der Waals surface area contributed by atoms with Gasteiger partial charge in [0.1, 0.15) is 0 Å². The van der Waals surface area contributed by atoms with Gasteiger partial charge in [-0.1, -0.05) is 48.4 Å². The molecule has 1 N–H and O–H groups in total. The fraction of sp³-hybridized carbons (Fsp3) is 0.316. The molecule has 0 aromatic heterocycles. The van der Waals surface area contributed by atoms with Crippen molar-refractivity contribution in [3.63, 3.8) is 0 Å². The van der Waals surface area contributed by atoms with Gasteiger partial charge in [0.15, 0.2) is 0 Å². The number of likely N-dealkylation sites (N-methyl/N-ethyl adjacent to an activating group) is 1. The molecular formula is C19H23ClN2O3S. The van der Waals surface area contributed by atoms with Crippen LogP contribution in [0, 0.1) is 6.92 Å². The Morgan fingerprint density at radius 3 is 2.23 bits per heavy atom. The van der Waals surface area contributed by atoms with Crippen molar-refractivity contribution in [3.05, 3.63) is 64.7 Å². The number of amides is 1. The maximum Gasteiger partial charge on any atom is 0.243 e. The highest BCUT2D eigenvalue weighted by molar-refractivity contribution is 7.89. The lowest BCUT2D eigenvalue weighted by Crippen LogP contribution is -2.39.